The molecule has 3 heteroatoms. The van der Waals surface area contributed by atoms with Gasteiger partial charge in [-0.2, -0.15) is 0 Å². The van der Waals surface area contributed by atoms with Gasteiger partial charge in [-0.1, -0.05) is 60.7 Å². The zero-order valence-electron chi connectivity index (χ0n) is 11.0. The van der Waals surface area contributed by atoms with E-state index < -0.39 is 0 Å². The number of thiazole rings is 1. The fourth-order valence-corrected chi connectivity index (χ4v) is 3.04. The standard InChI is InChI=1S/C17H13NOS/c1-12(19)17-18-15(13-8-4-2-5-9-13)16(20-17)14-10-6-3-7-11-14/h2-11H,1H3. The summed E-state index contributed by atoms with van der Waals surface area (Å²) in [6, 6.07) is 20.1. The van der Waals surface area contributed by atoms with Crippen LogP contribution in [0.5, 0.6) is 0 Å². The molecule has 1 heterocycles. The number of ketones is 1. The fourth-order valence-electron chi connectivity index (χ4n) is 2.05. The number of carbonyl (C=O) groups is 1. The molecule has 98 valence electrons. The molecule has 20 heavy (non-hydrogen) atoms. The third kappa shape index (κ3) is 2.40. The number of aromatic nitrogens is 1. The van der Waals surface area contributed by atoms with Crippen LogP contribution >= 0.6 is 11.3 Å². The van der Waals surface area contributed by atoms with E-state index in [0.29, 0.717) is 5.01 Å². The highest BCUT2D eigenvalue weighted by atomic mass is 32.1. The van der Waals surface area contributed by atoms with Crippen LogP contribution in [0.15, 0.2) is 60.7 Å². The summed E-state index contributed by atoms with van der Waals surface area (Å²) in [7, 11) is 0. The molecule has 0 saturated carbocycles. The third-order valence-corrected chi connectivity index (χ3v) is 4.22. The van der Waals surface area contributed by atoms with Crippen molar-refractivity contribution in [3.63, 3.8) is 0 Å². The van der Waals surface area contributed by atoms with E-state index in [-0.39, 0.29) is 5.78 Å². The maximum Gasteiger partial charge on any atom is 0.188 e. The summed E-state index contributed by atoms with van der Waals surface area (Å²) in [6.45, 7) is 1.56. The van der Waals surface area contributed by atoms with E-state index in [9.17, 15) is 4.79 Å². The van der Waals surface area contributed by atoms with Crippen molar-refractivity contribution >= 4 is 17.1 Å². The van der Waals surface area contributed by atoms with Crippen LogP contribution in [-0.2, 0) is 0 Å². The fraction of sp³-hybridized carbons (Fsp3) is 0.0588. The van der Waals surface area contributed by atoms with Gasteiger partial charge in [0.15, 0.2) is 10.8 Å². The molecule has 0 bridgehead atoms. The van der Waals surface area contributed by atoms with Gasteiger partial charge in [0.05, 0.1) is 10.6 Å². The molecule has 0 fully saturated rings. The van der Waals surface area contributed by atoms with Crippen LogP contribution < -0.4 is 0 Å². The van der Waals surface area contributed by atoms with E-state index in [4.69, 9.17) is 0 Å². The molecule has 2 aromatic carbocycles. The highest BCUT2D eigenvalue weighted by Gasteiger charge is 2.16. The Labute approximate surface area is 121 Å². The molecular weight excluding hydrogens is 266 g/mol. The van der Waals surface area contributed by atoms with E-state index in [2.05, 4.69) is 4.98 Å². The second-order valence-electron chi connectivity index (χ2n) is 4.48. The van der Waals surface area contributed by atoms with Crippen molar-refractivity contribution in [1.29, 1.82) is 0 Å². The van der Waals surface area contributed by atoms with Crippen molar-refractivity contribution in [3.8, 4) is 21.7 Å². The second kappa shape index (κ2) is 5.39. The molecule has 0 N–H and O–H groups in total. The minimum absolute atomic E-state index is 0.00867. The quantitative estimate of drug-likeness (QED) is 0.652. The first-order chi connectivity index (χ1) is 9.75. The van der Waals surface area contributed by atoms with Gasteiger partial charge < -0.3 is 0 Å². The Morgan fingerprint density at radius 3 is 2.00 bits per heavy atom. The molecule has 0 atom stereocenters. The monoisotopic (exact) mass is 279 g/mol. The molecule has 0 amide bonds. The highest BCUT2D eigenvalue weighted by molar-refractivity contribution is 7.17. The molecule has 0 saturated heterocycles. The molecule has 0 aliphatic heterocycles. The maximum atomic E-state index is 11.6. The van der Waals surface area contributed by atoms with Crippen molar-refractivity contribution in [1.82, 2.24) is 4.98 Å². The average molecular weight is 279 g/mol. The van der Waals surface area contributed by atoms with Crippen molar-refractivity contribution in [2.45, 2.75) is 6.92 Å². The van der Waals surface area contributed by atoms with Crippen molar-refractivity contribution < 1.29 is 4.79 Å². The minimum Gasteiger partial charge on any atom is -0.292 e. The van der Waals surface area contributed by atoms with Crippen LogP contribution in [0.1, 0.15) is 16.7 Å². The van der Waals surface area contributed by atoms with Gasteiger partial charge in [0, 0.05) is 12.5 Å². The summed E-state index contributed by atoms with van der Waals surface area (Å²) in [5.74, 6) is 0.00867. The number of benzene rings is 2. The van der Waals surface area contributed by atoms with Crippen LogP contribution in [0.25, 0.3) is 21.7 Å². The Hall–Kier alpha value is -2.26. The predicted molar refractivity (Wildman–Crippen MR) is 83.0 cm³/mol. The Kier molecular flexibility index (Phi) is 3.44. The lowest BCUT2D eigenvalue weighted by atomic mass is 10.1. The molecule has 2 nitrogen and oxygen atoms in total. The molecule has 3 aromatic rings. The van der Waals surface area contributed by atoms with E-state index in [1.54, 1.807) is 6.92 Å². The lowest BCUT2D eigenvalue weighted by Crippen LogP contribution is -1.89. The van der Waals surface area contributed by atoms with Crippen LogP contribution in [0.3, 0.4) is 0 Å². The number of rotatable bonds is 3. The van der Waals surface area contributed by atoms with Gasteiger partial charge in [-0.05, 0) is 5.56 Å². The van der Waals surface area contributed by atoms with Gasteiger partial charge in [-0.25, -0.2) is 4.98 Å². The normalized spacial score (nSPS) is 10.4. The number of carbonyl (C=O) groups excluding carboxylic acids is 1. The minimum atomic E-state index is 0.00867. The topological polar surface area (TPSA) is 30.0 Å². The zero-order chi connectivity index (χ0) is 13.9. The van der Waals surface area contributed by atoms with Gasteiger partial charge in [-0.15, -0.1) is 11.3 Å². The van der Waals surface area contributed by atoms with E-state index in [0.717, 1.165) is 21.7 Å². The van der Waals surface area contributed by atoms with Crippen LogP contribution in [0.4, 0.5) is 0 Å². The Balaban J connectivity index is 2.20. The van der Waals surface area contributed by atoms with Gasteiger partial charge >= 0.3 is 0 Å². The van der Waals surface area contributed by atoms with E-state index in [1.807, 2.05) is 60.7 Å². The SMILES string of the molecule is CC(=O)c1nc(-c2ccccc2)c(-c2ccccc2)s1. The number of hydrogen-bond donors (Lipinski definition) is 0. The summed E-state index contributed by atoms with van der Waals surface area (Å²) in [6.07, 6.45) is 0. The van der Waals surface area contributed by atoms with Crippen LogP contribution in [0, 0.1) is 0 Å². The second-order valence-corrected chi connectivity index (χ2v) is 5.48. The average Bonchev–Trinajstić information content (AvgIpc) is 2.94. The lowest BCUT2D eigenvalue weighted by Gasteiger charge is -2.02. The van der Waals surface area contributed by atoms with Gasteiger partial charge in [0.25, 0.3) is 0 Å². The molecule has 0 aliphatic carbocycles. The summed E-state index contributed by atoms with van der Waals surface area (Å²) >= 11 is 1.45. The molecule has 0 spiro atoms. The lowest BCUT2D eigenvalue weighted by molar-refractivity contribution is 0.101. The van der Waals surface area contributed by atoms with Crippen molar-refractivity contribution in [2.75, 3.05) is 0 Å². The van der Waals surface area contributed by atoms with E-state index >= 15 is 0 Å². The van der Waals surface area contributed by atoms with Crippen molar-refractivity contribution in [2.24, 2.45) is 0 Å². The van der Waals surface area contributed by atoms with Crippen LogP contribution in [0.2, 0.25) is 0 Å². The number of Topliss-reactive ketones (excluding diaryl/α,β-unsaturated/α-hetero) is 1. The summed E-state index contributed by atoms with van der Waals surface area (Å²) in [5, 5.41) is 0.558. The molecule has 0 unspecified atom stereocenters. The summed E-state index contributed by atoms with van der Waals surface area (Å²) in [4.78, 5) is 17.2. The first-order valence-corrected chi connectivity index (χ1v) is 7.20. The molecule has 1 aromatic heterocycles. The highest BCUT2D eigenvalue weighted by Crippen LogP contribution is 2.36. The van der Waals surface area contributed by atoms with Gasteiger partial charge in [-0.3, -0.25) is 4.79 Å². The Morgan fingerprint density at radius 1 is 0.900 bits per heavy atom. The molecule has 0 radical (unpaired) electrons. The first kappa shape index (κ1) is 12.8. The molecule has 0 aliphatic rings. The first-order valence-electron chi connectivity index (χ1n) is 6.38. The van der Waals surface area contributed by atoms with Crippen LogP contribution in [-0.4, -0.2) is 10.8 Å². The Morgan fingerprint density at radius 2 is 1.45 bits per heavy atom. The summed E-state index contributed by atoms with van der Waals surface area (Å²) in [5.41, 5.74) is 3.01. The number of hydrogen-bond acceptors (Lipinski definition) is 3. The predicted octanol–water partition coefficient (Wildman–Crippen LogP) is 4.68. The van der Waals surface area contributed by atoms with E-state index in [1.165, 1.54) is 11.3 Å². The maximum absolute atomic E-state index is 11.6. The zero-order valence-corrected chi connectivity index (χ0v) is 11.9. The molecular formula is C17H13NOS. The van der Waals surface area contributed by atoms with Gasteiger partial charge in [0.2, 0.25) is 0 Å². The molecule has 3 rings (SSSR count). The van der Waals surface area contributed by atoms with Gasteiger partial charge in [0.1, 0.15) is 0 Å². The number of nitrogens with zero attached hydrogens (tertiary/aromatic N) is 1. The van der Waals surface area contributed by atoms with Crippen molar-refractivity contribution in [3.05, 3.63) is 65.7 Å². The third-order valence-electron chi connectivity index (χ3n) is 3.01. The smallest absolute Gasteiger partial charge is 0.188 e. The largest absolute Gasteiger partial charge is 0.292 e. The Bertz CT molecular complexity index is 675. The summed E-state index contributed by atoms with van der Waals surface area (Å²) < 4.78 is 0.